The Morgan fingerprint density at radius 3 is 2.10 bits per heavy atom. The molecule has 20 heavy (non-hydrogen) atoms. The Morgan fingerprint density at radius 2 is 1.55 bits per heavy atom. The number of hydrogen-bond donors (Lipinski definition) is 0. The topological polar surface area (TPSA) is 36.9 Å². The summed E-state index contributed by atoms with van der Waals surface area (Å²) in [5.74, 6) is 0. The molecule has 5 heteroatoms. The van der Waals surface area contributed by atoms with E-state index in [1.54, 1.807) is 18.4 Å². The SMILES string of the molecule is COCCOCCOCCOC(C)(C)c1ccc(C)s1. The average Bonchev–Trinajstić information content (AvgIpc) is 2.84. The lowest BCUT2D eigenvalue weighted by molar-refractivity contribution is -0.0549. The highest BCUT2D eigenvalue weighted by Crippen LogP contribution is 2.30. The van der Waals surface area contributed by atoms with Crippen molar-refractivity contribution in [3.8, 4) is 0 Å². The Bertz CT molecular complexity index is 363. The van der Waals surface area contributed by atoms with Gasteiger partial charge in [0.05, 0.1) is 45.2 Å². The molecule has 0 atom stereocenters. The Kier molecular flexibility index (Phi) is 8.33. The number of hydrogen-bond acceptors (Lipinski definition) is 5. The Labute approximate surface area is 126 Å². The first-order chi connectivity index (χ1) is 9.56. The maximum absolute atomic E-state index is 5.90. The van der Waals surface area contributed by atoms with Gasteiger partial charge in [0.1, 0.15) is 0 Å². The predicted octanol–water partition coefficient (Wildman–Crippen LogP) is 2.99. The van der Waals surface area contributed by atoms with Crippen LogP contribution < -0.4 is 0 Å². The van der Waals surface area contributed by atoms with Crippen molar-refractivity contribution in [2.24, 2.45) is 0 Å². The Morgan fingerprint density at radius 1 is 0.950 bits per heavy atom. The molecule has 1 aromatic heterocycles. The van der Waals surface area contributed by atoms with Crippen LogP contribution in [0.2, 0.25) is 0 Å². The zero-order chi connectivity index (χ0) is 14.8. The van der Waals surface area contributed by atoms with Gasteiger partial charge in [-0.1, -0.05) is 0 Å². The Balaban J connectivity index is 2.06. The summed E-state index contributed by atoms with van der Waals surface area (Å²) in [7, 11) is 1.66. The number of ether oxygens (including phenoxy) is 4. The van der Waals surface area contributed by atoms with Crippen LogP contribution in [0.4, 0.5) is 0 Å². The molecule has 0 fully saturated rings. The van der Waals surface area contributed by atoms with E-state index in [0.29, 0.717) is 39.6 Å². The molecule has 0 aliphatic rings. The monoisotopic (exact) mass is 302 g/mol. The Hall–Kier alpha value is -0.460. The summed E-state index contributed by atoms with van der Waals surface area (Å²) >= 11 is 1.78. The molecule has 1 rings (SSSR count). The third-order valence-electron chi connectivity index (χ3n) is 2.83. The van der Waals surface area contributed by atoms with Crippen molar-refractivity contribution < 1.29 is 18.9 Å². The first kappa shape index (κ1) is 17.6. The molecule has 0 bridgehead atoms. The van der Waals surface area contributed by atoms with Gasteiger partial charge >= 0.3 is 0 Å². The summed E-state index contributed by atoms with van der Waals surface area (Å²) < 4.78 is 21.5. The number of rotatable bonds is 11. The highest BCUT2D eigenvalue weighted by molar-refractivity contribution is 7.12. The summed E-state index contributed by atoms with van der Waals surface area (Å²) in [6, 6.07) is 4.25. The van der Waals surface area contributed by atoms with Crippen molar-refractivity contribution in [2.45, 2.75) is 26.4 Å². The van der Waals surface area contributed by atoms with E-state index in [9.17, 15) is 0 Å². The van der Waals surface area contributed by atoms with E-state index in [2.05, 4.69) is 32.9 Å². The fraction of sp³-hybridized carbons (Fsp3) is 0.733. The molecule has 1 heterocycles. The second-order valence-corrected chi connectivity index (χ2v) is 6.27. The fourth-order valence-corrected chi connectivity index (χ4v) is 2.57. The van der Waals surface area contributed by atoms with Crippen LogP contribution in [-0.4, -0.2) is 46.8 Å². The molecule has 0 unspecified atom stereocenters. The summed E-state index contributed by atoms with van der Waals surface area (Å²) in [5, 5.41) is 0. The van der Waals surface area contributed by atoms with E-state index in [0.717, 1.165) is 0 Å². The maximum atomic E-state index is 5.90. The predicted molar refractivity (Wildman–Crippen MR) is 81.5 cm³/mol. The average molecular weight is 302 g/mol. The second-order valence-electron chi connectivity index (χ2n) is 4.99. The zero-order valence-corrected chi connectivity index (χ0v) is 13.8. The molecular formula is C15H26O4S. The number of thiophene rings is 1. The minimum absolute atomic E-state index is 0.253. The maximum Gasteiger partial charge on any atom is 0.0967 e. The van der Waals surface area contributed by atoms with Crippen molar-refractivity contribution >= 4 is 11.3 Å². The third-order valence-corrected chi connectivity index (χ3v) is 4.13. The van der Waals surface area contributed by atoms with Gasteiger partial charge in [0.2, 0.25) is 0 Å². The van der Waals surface area contributed by atoms with Gasteiger partial charge in [-0.2, -0.15) is 0 Å². The van der Waals surface area contributed by atoms with E-state index < -0.39 is 0 Å². The molecule has 116 valence electrons. The van der Waals surface area contributed by atoms with Crippen molar-refractivity contribution in [1.29, 1.82) is 0 Å². The van der Waals surface area contributed by atoms with Gasteiger partial charge in [-0.25, -0.2) is 0 Å². The molecular weight excluding hydrogens is 276 g/mol. The molecule has 0 N–H and O–H groups in total. The normalized spacial score (nSPS) is 12.0. The lowest BCUT2D eigenvalue weighted by atomic mass is 10.1. The third kappa shape index (κ3) is 6.81. The molecule has 0 saturated heterocycles. The smallest absolute Gasteiger partial charge is 0.0967 e. The summed E-state index contributed by atoms with van der Waals surface area (Å²) in [4.78, 5) is 2.55. The van der Waals surface area contributed by atoms with E-state index in [4.69, 9.17) is 18.9 Å². The largest absolute Gasteiger partial charge is 0.382 e. The fourth-order valence-electron chi connectivity index (χ4n) is 1.65. The highest BCUT2D eigenvalue weighted by Gasteiger charge is 2.22. The molecule has 0 aliphatic heterocycles. The van der Waals surface area contributed by atoms with E-state index >= 15 is 0 Å². The van der Waals surface area contributed by atoms with Gasteiger partial charge in [-0.05, 0) is 32.9 Å². The number of methoxy groups -OCH3 is 1. The number of aryl methyl sites for hydroxylation is 1. The summed E-state index contributed by atoms with van der Waals surface area (Å²) in [6.07, 6.45) is 0. The first-order valence-corrected chi connectivity index (χ1v) is 7.73. The lowest BCUT2D eigenvalue weighted by Gasteiger charge is -2.24. The van der Waals surface area contributed by atoms with Crippen LogP contribution >= 0.6 is 11.3 Å². The molecule has 0 saturated carbocycles. The van der Waals surface area contributed by atoms with Crippen LogP contribution in [-0.2, 0) is 24.5 Å². The van der Waals surface area contributed by atoms with Crippen molar-refractivity contribution in [1.82, 2.24) is 0 Å². The van der Waals surface area contributed by atoms with Gasteiger partial charge in [0.25, 0.3) is 0 Å². The molecule has 4 nitrogen and oxygen atoms in total. The van der Waals surface area contributed by atoms with E-state index in [1.165, 1.54) is 9.75 Å². The van der Waals surface area contributed by atoms with Crippen LogP contribution in [0.5, 0.6) is 0 Å². The van der Waals surface area contributed by atoms with Gasteiger partial charge in [0.15, 0.2) is 0 Å². The van der Waals surface area contributed by atoms with Crippen molar-refractivity contribution in [3.63, 3.8) is 0 Å². The van der Waals surface area contributed by atoms with Gasteiger partial charge in [-0.15, -0.1) is 11.3 Å². The lowest BCUT2D eigenvalue weighted by Crippen LogP contribution is -2.23. The van der Waals surface area contributed by atoms with Crippen LogP contribution in [0.25, 0.3) is 0 Å². The minimum atomic E-state index is -0.253. The summed E-state index contributed by atoms with van der Waals surface area (Å²) in [6.45, 7) is 9.87. The highest BCUT2D eigenvalue weighted by atomic mass is 32.1. The van der Waals surface area contributed by atoms with Crippen LogP contribution in [0, 0.1) is 6.92 Å². The quantitative estimate of drug-likeness (QED) is 0.589. The van der Waals surface area contributed by atoms with Gasteiger partial charge in [0, 0.05) is 16.9 Å². The summed E-state index contributed by atoms with van der Waals surface area (Å²) in [5.41, 5.74) is -0.253. The zero-order valence-electron chi connectivity index (χ0n) is 12.9. The molecule has 0 aromatic carbocycles. The first-order valence-electron chi connectivity index (χ1n) is 6.91. The van der Waals surface area contributed by atoms with Crippen molar-refractivity contribution in [2.75, 3.05) is 46.8 Å². The minimum Gasteiger partial charge on any atom is -0.382 e. The molecule has 0 radical (unpaired) electrons. The molecule has 1 aromatic rings. The van der Waals surface area contributed by atoms with Crippen molar-refractivity contribution in [3.05, 3.63) is 21.9 Å². The standard InChI is InChI=1S/C15H26O4S/c1-13-5-6-14(20-13)15(2,3)19-12-11-18-10-9-17-8-7-16-4/h5-6H,7-12H2,1-4H3. The molecule has 0 spiro atoms. The van der Waals surface area contributed by atoms with Crippen LogP contribution in [0.1, 0.15) is 23.6 Å². The van der Waals surface area contributed by atoms with Gasteiger partial charge < -0.3 is 18.9 Å². The second kappa shape index (κ2) is 9.47. The molecule has 0 amide bonds. The van der Waals surface area contributed by atoms with Crippen LogP contribution in [0.15, 0.2) is 12.1 Å². The van der Waals surface area contributed by atoms with E-state index in [1.807, 2.05) is 0 Å². The molecule has 0 aliphatic carbocycles. The van der Waals surface area contributed by atoms with Crippen LogP contribution in [0.3, 0.4) is 0 Å². The van der Waals surface area contributed by atoms with Gasteiger partial charge in [-0.3, -0.25) is 0 Å². The van der Waals surface area contributed by atoms with E-state index in [-0.39, 0.29) is 5.60 Å².